The van der Waals surface area contributed by atoms with E-state index >= 15 is 0 Å². The largest absolute Gasteiger partial charge is 0.377 e. The van der Waals surface area contributed by atoms with Crippen LogP contribution in [0.3, 0.4) is 0 Å². The summed E-state index contributed by atoms with van der Waals surface area (Å²) in [7, 11) is 0. The van der Waals surface area contributed by atoms with Crippen molar-refractivity contribution in [1.29, 1.82) is 0 Å². The lowest BCUT2D eigenvalue weighted by Crippen LogP contribution is -2.44. The molecule has 0 bridgehead atoms. The molecule has 142 valence electrons. The molecule has 2 amide bonds. The Balaban J connectivity index is 1.38. The van der Waals surface area contributed by atoms with Gasteiger partial charge in [0.15, 0.2) is 0 Å². The summed E-state index contributed by atoms with van der Waals surface area (Å²) >= 11 is 0. The second-order valence-corrected chi connectivity index (χ2v) is 8.00. The van der Waals surface area contributed by atoms with Gasteiger partial charge in [-0.3, -0.25) is 9.59 Å². The van der Waals surface area contributed by atoms with E-state index in [0.29, 0.717) is 18.6 Å². The summed E-state index contributed by atoms with van der Waals surface area (Å²) in [5.74, 6) is 0.0436. The van der Waals surface area contributed by atoms with Gasteiger partial charge in [-0.25, -0.2) is 0 Å². The minimum atomic E-state index is -0.250. The molecule has 0 aromatic carbocycles. The van der Waals surface area contributed by atoms with E-state index in [1.807, 2.05) is 17.0 Å². The van der Waals surface area contributed by atoms with Gasteiger partial charge in [-0.2, -0.15) is 0 Å². The van der Waals surface area contributed by atoms with Crippen molar-refractivity contribution in [3.63, 3.8) is 0 Å². The number of carbonyl (C=O) groups excluding carboxylic acids is 2. The fourth-order valence-electron chi connectivity index (χ4n) is 5.05. The zero-order valence-electron chi connectivity index (χ0n) is 15.3. The van der Waals surface area contributed by atoms with Crippen LogP contribution in [0.15, 0.2) is 18.3 Å². The predicted molar refractivity (Wildman–Crippen MR) is 97.6 cm³/mol. The second-order valence-electron chi connectivity index (χ2n) is 8.00. The number of hydrogen-bond acceptors (Lipinski definition) is 3. The number of rotatable bonds is 4. The molecule has 2 saturated heterocycles. The van der Waals surface area contributed by atoms with Crippen molar-refractivity contribution in [1.82, 2.24) is 9.47 Å². The van der Waals surface area contributed by atoms with E-state index in [2.05, 4.69) is 10.8 Å². The number of primary amides is 1. The highest BCUT2D eigenvalue weighted by Crippen LogP contribution is 2.34. The zero-order valence-corrected chi connectivity index (χ0v) is 15.3. The van der Waals surface area contributed by atoms with Crippen molar-refractivity contribution in [2.24, 2.45) is 17.6 Å². The lowest BCUT2D eigenvalue weighted by atomic mass is 9.84. The van der Waals surface area contributed by atoms with Crippen LogP contribution in [0, 0.1) is 11.8 Å². The third kappa shape index (κ3) is 3.27. The molecule has 1 aromatic rings. The number of amides is 2. The second kappa shape index (κ2) is 7.43. The number of aromatic nitrogens is 1. The minimum absolute atomic E-state index is 0.0629. The molecular weight excluding hydrogens is 330 g/mol. The summed E-state index contributed by atoms with van der Waals surface area (Å²) in [4.78, 5) is 26.6. The molecule has 6 nitrogen and oxygen atoms in total. The van der Waals surface area contributed by atoms with E-state index in [-0.39, 0.29) is 23.8 Å². The Bertz CT molecular complexity index is 657. The maximum Gasteiger partial charge on any atom is 0.270 e. The monoisotopic (exact) mass is 359 g/mol. The van der Waals surface area contributed by atoms with Crippen molar-refractivity contribution in [3.8, 4) is 0 Å². The maximum absolute atomic E-state index is 13.0. The molecule has 1 aromatic heterocycles. The summed E-state index contributed by atoms with van der Waals surface area (Å²) in [6.45, 7) is 2.07. The Morgan fingerprint density at radius 3 is 2.50 bits per heavy atom. The smallest absolute Gasteiger partial charge is 0.270 e. The fourth-order valence-corrected chi connectivity index (χ4v) is 5.05. The van der Waals surface area contributed by atoms with Crippen LogP contribution >= 0.6 is 0 Å². The summed E-state index contributed by atoms with van der Waals surface area (Å²) in [6.07, 6.45) is 9.33. The maximum atomic E-state index is 13.0. The van der Waals surface area contributed by atoms with E-state index in [4.69, 9.17) is 10.5 Å². The number of likely N-dealkylation sites (tertiary alicyclic amines) is 1. The van der Waals surface area contributed by atoms with Crippen LogP contribution < -0.4 is 5.73 Å². The van der Waals surface area contributed by atoms with Gasteiger partial charge in [-0.05, 0) is 50.2 Å². The average Bonchev–Trinajstić information content (AvgIpc) is 3.41. The van der Waals surface area contributed by atoms with Gasteiger partial charge in [0.2, 0.25) is 5.91 Å². The number of nitrogens with zero attached hydrogens (tertiary/aromatic N) is 2. The predicted octanol–water partition coefficient (Wildman–Crippen LogP) is 2.35. The van der Waals surface area contributed by atoms with Crippen LogP contribution in [0.25, 0.3) is 0 Å². The summed E-state index contributed by atoms with van der Waals surface area (Å²) < 4.78 is 8.00. The third-order valence-electron chi connectivity index (χ3n) is 6.51. The van der Waals surface area contributed by atoms with Gasteiger partial charge in [0, 0.05) is 31.9 Å². The normalized spacial score (nSPS) is 27.9. The third-order valence-corrected chi connectivity index (χ3v) is 6.51. The van der Waals surface area contributed by atoms with Gasteiger partial charge in [0.05, 0.1) is 12.0 Å². The standard InChI is InChI=1S/C20H29N3O3/c21-19(24)16-9-13-26-18(16)14-7-11-22(12-8-14)20(25)17-6-3-10-23(17)15-4-1-2-5-15/h3,6,10,14-16,18H,1-2,4-5,7-9,11-13H2,(H2,21,24)/t16-,18+/m0/s1. The zero-order chi connectivity index (χ0) is 18.1. The molecule has 3 fully saturated rings. The molecule has 0 unspecified atom stereocenters. The minimum Gasteiger partial charge on any atom is -0.377 e. The van der Waals surface area contributed by atoms with E-state index in [9.17, 15) is 9.59 Å². The SMILES string of the molecule is NC(=O)[C@H]1CCO[C@@H]1C1CCN(C(=O)c2cccn2C2CCCC2)CC1. The number of nitrogens with two attached hydrogens (primary N) is 1. The van der Waals surface area contributed by atoms with Crippen LogP contribution in [-0.2, 0) is 9.53 Å². The van der Waals surface area contributed by atoms with Crippen molar-refractivity contribution < 1.29 is 14.3 Å². The van der Waals surface area contributed by atoms with Crippen LogP contribution in [0.2, 0.25) is 0 Å². The molecule has 1 aliphatic carbocycles. The van der Waals surface area contributed by atoms with Gasteiger partial charge in [0.25, 0.3) is 5.91 Å². The van der Waals surface area contributed by atoms with Gasteiger partial charge in [-0.15, -0.1) is 0 Å². The molecule has 0 radical (unpaired) electrons. The van der Waals surface area contributed by atoms with Crippen LogP contribution in [0.5, 0.6) is 0 Å². The molecular formula is C20H29N3O3. The molecule has 2 aliphatic heterocycles. The van der Waals surface area contributed by atoms with E-state index < -0.39 is 0 Å². The topological polar surface area (TPSA) is 77.6 Å². The molecule has 2 N–H and O–H groups in total. The van der Waals surface area contributed by atoms with E-state index in [1.165, 1.54) is 25.7 Å². The quantitative estimate of drug-likeness (QED) is 0.896. The fraction of sp³-hybridized carbons (Fsp3) is 0.700. The first kappa shape index (κ1) is 17.6. The molecule has 4 rings (SSSR count). The van der Waals surface area contributed by atoms with Gasteiger partial charge in [-0.1, -0.05) is 12.8 Å². The number of ether oxygens (including phenoxy) is 1. The molecule has 26 heavy (non-hydrogen) atoms. The molecule has 3 heterocycles. The Kier molecular flexibility index (Phi) is 5.02. The Hall–Kier alpha value is -1.82. The van der Waals surface area contributed by atoms with Crippen LogP contribution in [0.4, 0.5) is 0 Å². The molecule has 2 atom stereocenters. The highest BCUT2D eigenvalue weighted by Gasteiger charge is 2.40. The van der Waals surface area contributed by atoms with Crippen LogP contribution in [0.1, 0.15) is 61.5 Å². The first-order valence-electron chi connectivity index (χ1n) is 10.0. The number of hydrogen-bond donors (Lipinski definition) is 1. The van der Waals surface area contributed by atoms with Crippen molar-refractivity contribution in [2.45, 2.75) is 57.1 Å². The summed E-state index contributed by atoms with van der Waals surface area (Å²) in [5.41, 5.74) is 6.35. The van der Waals surface area contributed by atoms with Crippen molar-refractivity contribution >= 4 is 11.8 Å². The van der Waals surface area contributed by atoms with Gasteiger partial charge in [0.1, 0.15) is 5.69 Å². The Morgan fingerprint density at radius 1 is 1.08 bits per heavy atom. The molecule has 6 heteroatoms. The molecule has 0 spiro atoms. The highest BCUT2D eigenvalue weighted by molar-refractivity contribution is 5.93. The highest BCUT2D eigenvalue weighted by atomic mass is 16.5. The first-order valence-corrected chi connectivity index (χ1v) is 10.0. The lowest BCUT2D eigenvalue weighted by molar-refractivity contribution is -0.124. The number of piperidine rings is 1. The van der Waals surface area contributed by atoms with E-state index in [1.54, 1.807) is 0 Å². The molecule has 3 aliphatic rings. The Labute approximate surface area is 154 Å². The first-order chi connectivity index (χ1) is 12.6. The lowest BCUT2D eigenvalue weighted by Gasteiger charge is -2.36. The number of carbonyl (C=O) groups is 2. The molecule has 1 saturated carbocycles. The van der Waals surface area contributed by atoms with Crippen molar-refractivity contribution in [2.75, 3.05) is 19.7 Å². The summed E-state index contributed by atoms with van der Waals surface area (Å²) in [5, 5.41) is 0. The van der Waals surface area contributed by atoms with Gasteiger partial charge < -0.3 is 19.9 Å². The Morgan fingerprint density at radius 2 is 1.81 bits per heavy atom. The average molecular weight is 359 g/mol. The van der Waals surface area contributed by atoms with E-state index in [0.717, 1.165) is 38.0 Å². The summed E-state index contributed by atoms with van der Waals surface area (Å²) in [6, 6.07) is 4.42. The van der Waals surface area contributed by atoms with Gasteiger partial charge >= 0.3 is 0 Å². The van der Waals surface area contributed by atoms with Crippen molar-refractivity contribution in [3.05, 3.63) is 24.0 Å². The van der Waals surface area contributed by atoms with Crippen LogP contribution in [-0.4, -0.2) is 47.1 Å².